The summed E-state index contributed by atoms with van der Waals surface area (Å²) in [6.45, 7) is 6.30. The highest BCUT2D eigenvalue weighted by atomic mass is 16.5. The number of carbonyl (C=O) groups is 2. The van der Waals surface area contributed by atoms with Crippen molar-refractivity contribution in [1.82, 2.24) is 5.32 Å². The maximum absolute atomic E-state index is 13.2. The van der Waals surface area contributed by atoms with Crippen LogP contribution < -0.4 is 5.32 Å². The fraction of sp³-hybridized carbons (Fsp3) is 0.714. The number of hydrogen-bond donors (Lipinski definition) is 3. The van der Waals surface area contributed by atoms with E-state index >= 15 is 0 Å². The zero-order valence-corrected chi connectivity index (χ0v) is 40.5. The van der Waals surface area contributed by atoms with Gasteiger partial charge in [-0.15, -0.1) is 0 Å². The van der Waals surface area contributed by atoms with Crippen molar-refractivity contribution in [3.63, 3.8) is 0 Å². The molecule has 0 aromatic rings. The van der Waals surface area contributed by atoms with Gasteiger partial charge in [0.15, 0.2) is 0 Å². The molecule has 0 saturated carbocycles. The molecule has 356 valence electrons. The number of esters is 1. The molecule has 6 heteroatoms. The van der Waals surface area contributed by atoms with Gasteiger partial charge in [0.25, 0.3) is 0 Å². The molecule has 0 aromatic heterocycles. The average Bonchev–Trinajstić information content (AvgIpc) is 3.26. The van der Waals surface area contributed by atoms with Gasteiger partial charge in [-0.3, -0.25) is 9.59 Å². The second-order valence-electron chi connectivity index (χ2n) is 17.3. The van der Waals surface area contributed by atoms with Crippen molar-refractivity contribution in [2.75, 3.05) is 6.61 Å². The number of hydrogen-bond acceptors (Lipinski definition) is 5. The first-order chi connectivity index (χ1) is 30.5. The molecule has 3 unspecified atom stereocenters. The van der Waals surface area contributed by atoms with Gasteiger partial charge in [-0.05, 0) is 57.8 Å². The minimum absolute atomic E-state index is 0.00268. The molecular formula is C56H97NO5. The molecule has 0 aliphatic carbocycles. The van der Waals surface area contributed by atoms with Crippen LogP contribution in [0.4, 0.5) is 0 Å². The number of aliphatic hydroxyl groups is 2. The summed E-state index contributed by atoms with van der Waals surface area (Å²) >= 11 is 0. The summed E-state index contributed by atoms with van der Waals surface area (Å²) in [5.74, 6) is -0.631. The Morgan fingerprint density at radius 1 is 0.500 bits per heavy atom. The van der Waals surface area contributed by atoms with Crippen molar-refractivity contribution in [2.24, 2.45) is 0 Å². The van der Waals surface area contributed by atoms with E-state index in [9.17, 15) is 19.8 Å². The zero-order chi connectivity index (χ0) is 45.2. The summed E-state index contributed by atoms with van der Waals surface area (Å²) in [7, 11) is 0. The van der Waals surface area contributed by atoms with Gasteiger partial charge in [0.2, 0.25) is 5.91 Å². The fourth-order valence-corrected chi connectivity index (χ4v) is 7.45. The molecule has 1 amide bonds. The van der Waals surface area contributed by atoms with Crippen molar-refractivity contribution in [3.8, 4) is 0 Å². The van der Waals surface area contributed by atoms with E-state index in [2.05, 4.69) is 56.5 Å². The lowest BCUT2D eigenvalue weighted by atomic mass is 10.0. The number of nitrogens with one attached hydrogen (secondary N) is 1. The molecule has 0 heterocycles. The smallest absolute Gasteiger partial charge is 0.306 e. The normalized spacial score (nSPS) is 14.0. The fourth-order valence-electron chi connectivity index (χ4n) is 7.45. The number of ether oxygens (including phenoxy) is 1. The number of amides is 1. The molecular weight excluding hydrogens is 767 g/mol. The third kappa shape index (κ3) is 43.7. The van der Waals surface area contributed by atoms with Gasteiger partial charge in [0.1, 0.15) is 6.10 Å². The topological polar surface area (TPSA) is 95.9 Å². The average molecular weight is 864 g/mol. The first-order valence-corrected chi connectivity index (χ1v) is 25.9. The van der Waals surface area contributed by atoms with E-state index in [1.54, 1.807) is 0 Å². The van der Waals surface area contributed by atoms with E-state index in [4.69, 9.17) is 4.74 Å². The van der Waals surface area contributed by atoms with Crippen molar-refractivity contribution in [2.45, 2.75) is 251 Å². The van der Waals surface area contributed by atoms with Gasteiger partial charge in [-0.2, -0.15) is 0 Å². The van der Waals surface area contributed by atoms with Crippen LogP contribution in [0.1, 0.15) is 233 Å². The van der Waals surface area contributed by atoms with Crippen LogP contribution in [-0.2, 0) is 14.3 Å². The van der Waals surface area contributed by atoms with Crippen LogP contribution in [0, 0.1) is 0 Å². The Balaban J connectivity index is 4.68. The van der Waals surface area contributed by atoms with E-state index < -0.39 is 18.2 Å². The molecule has 0 radical (unpaired) electrons. The highest BCUT2D eigenvalue weighted by Crippen LogP contribution is 2.17. The molecule has 0 saturated heterocycles. The Morgan fingerprint density at radius 2 is 0.952 bits per heavy atom. The number of rotatable bonds is 45. The Morgan fingerprint density at radius 3 is 1.47 bits per heavy atom. The quantitative estimate of drug-likeness (QED) is 0.0245. The Hall–Kier alpha value is -2.96. The number of unbranched alkanes of at least 4 members (excludes halogenated alkanes) is 23. The van der Waals surface area contributed by atoms with E-state index in [1.165, 1.54) is 128 Å². The number of allylic oxidation sites excluding steroid dienone is 14. The molecule has 3 atom stereocenters. The highest BCUT2D eigenvalue weighted by Gasteiger charge is 2.23. The molecule has 0 fully saturated rings. The predicted molar refractivity (Wildman–Crippen MR) is 268 cm³/mol. The van der Waals surface area contributed by atoms with Crippen LogP contribution in [0.15, 0.2) is 85.1 Å². The van der Waals surface area contributed by atoms with Crippen LogP contribution >= 0.6 is 0 Å². The van der Waals surface area contributed by atoms with E-state index in [0.717, 1.165) is 51.4 Å². The molecule has 6 nitrogen and oxygen atoms in total. The standard InChI is InChI=1S/C56H97NO5/c1-4-7-10-13-16-19-22-25-26-27-28-31-33-36-39-42-45-48-54(59)53(51-58)57-55(60)50-52(47-44-41-38-35-32-29-23-20-17-14-11-8-5-2)62-56(61)49-46-43-40-37-34-30-24-21-18-15-12-9-6-3/h8,11,14,17,20,23,29-30,32,34-35,38,40,43,52-54,58-59H,4-7,9-10,12-13,15-16,18-19,21-22,24-28,31,33,36-37,39,41-42,44-51H2,1-3H3,(H,57,60)/b11-8+,17-14+,23-20-,32-29-,34-30-,38-35+,43-40+. The van der Waals surface area contributed by atoms with Crippen LogP contribution in [0.25, 0.3) is 0 Å². The number of carbonyl (C=O) groups excluding carboxylic acids is 2. The summed E-state index contributed by atoms with van der Waals surface area (Å²) in [6.07, 6.45) is 63.8. The van der Waals surface area contributed by atoms with Crippen LogP contribution in [0.3, 0.4) is 0 Å². The van der Waals surface area contributed by atoms with Crippen molar-refractivity contribution in [3.05, 3.63) is 85.1 Å². The monoisotopic (exact) mass is 864 g/mol. The van der Waals surface area contributed by atoms with Crippen molar-refractivity contribution < 1.29 is 24.5 Å². The van der Waals surface area contributed by atoms with E-state index in [0.29, 0.717) is 19.3 Å². The Labute approximate surface area is 383 Å². The van der Waals surface area contributed by atoms with Gasteiger partial charge in [-0.25, -0.2) is 0 Å². The first-order valence-electron chi connectivity index (χ1n) is 25.9. The maximum atomic E-state index is 13.2. The van der Waals surface area contributed by atoms with E-state index in [1.807, 2.05) is 54.7 Å². The van der Waals surface area contributed by atoms with Gasteiger partial charge in [0.05, 0.1) is 25.2 Å². The summed E-state index contributed by atoms with van der Waals surface area (Å²) < 4.78 is 5.85. The SMILES string of the molecule is CC/C=C/C=C/C=C\C=C/C=C/CCCC(CC(=O)NC(CO)C(O)CCCCCCCCCCCCCCCCCCC)OC(=O)CC/C=C/C/C=C\CCCCCCCC. The Kier molecular flexibility index (Phi) is 46.7. The summed E-state index contributed by atoms with van der Waals surface area (Å²) in [6, 6.07) is -0.739. The largest absolute Gasteiger partial charge is 0.462 e. The third-order valence-corrected chi connectivity index (χ3v) is 11.3. The molecule has 62 heavy (non-hydrogen) atoms. The minimum atomic E-state index is -0.819. The second kappa shape index (κ2) is 49.1. The summed E-state index contributed by atoms with van der Waals surface area (Å²) in [4.78, 5) is 26.1. The van der Waals surface area contributed by atoms with Gasteiger partial charge in [0, 0.05) is 6.42 Å². The van der Waals surface area contributed by atoms with Crippen molar-refractivity contribution >= 4 is 11.9 Å². The minimum Gasteiger partial charge on any atom is -0.462 e. The van der Waals surface area contributed by atoms with Crippen molar-refractivity contribution in [1.29, 1.82) is 0 Å². The molecule has 0 spiro atoms. The molecule has 0 aliphatic heterocycles. The van der Waals surface area contributed by atoms with Crippen LogP contribution in [0.5, 0.6) is 0 Å². The molecule has 0 aliphatic rings. The molecule has 0 aromatic carbocycles. The first kappa shape index (κ1) is 59.0. The summed E-state index contributed by atoms with van der Waals surface area (Å²) in [5, 5.41) is 23.7. The lowest BCUT2D eigenvalue weighted by Gasteiger charge is -2.24. The second-order valence-corrected chi connectivity index (χ2v) is 17.3. The third-order valence-electron chi connectivity index (χ3n) is 11.3. The summed E-state index contributed by atoms with van der Waals surface area (Å²) in [5.41, 5.74) is 0. The highest BCUT2D eigenvalue weighted by molar-refractivity contribution is 5.77. The van der Waals surface area contributed by atoms with E-state index in [-0.39, 0.29) is 31.3 Å². The molecule has 0 bridgehead atoms. The van der Waals surface area contributed by atoms with Crippen LogP contribution in [-0.4, -0.2) is 46.9 Å². The lowest BCUT2D eigenvalue weighted by molar-refractivity contribution is -0.150. The van der Waals surface area contributed by atoms with Gasteiger partial charge in [-0.1, -0.05) is 247 Å². The van der Waals surface area contributed by atoms with Gasteiger partial charge < -0.3 is 20.3 Å². The Bertz CT molecular complexity index is 1200. The predicted octanol–water partition coefficient (Wildman–Crippen LogP) is 15.6. The zero-order valence-electron chi connectivity index (χ0n) is 40.5. The maximum Gasteiger partial charge on any atom is 0.306 e. The van der Waals surface area contributed by atoms with Gasteiger partial charge >= 0.3 is 5.97 Å². The molecule has 3 N–H and O–H groups in total. The number of aliphatic hydroxyl groups excluding tert-OH is 2. The lowest BCUT2D eigenvalue weighted by Crippen LogP contribution is -2.46. The van der Waals surface area contributed by atoms with Crippen LogP contribution in [0.2, 0.25) is 0 Å². The molecule has 0 rings (SSSR count).